The van der Waals surface area contributed by atoms with Crippen LogP contribution in [0.2, 0.25) is 0 Å². The van der Waals surface area contributed by atoms with Crippen molar-refractivity contribution in [2.24, 2.45) is 5.92 Å². The molecule has 1 fully saturated rings. The van der Waals surface area contributed by atoms with Gasteiger partial charge in [-0.15, -0.1) is 0 Å². The van der Waals surface area contributed by atoms with E-state index in [2.05, 4.69) is 0 Å². The average molecular weight is 548 g/mol. The molecule has 38 heavy (non-hydrogen) atoms. The number of amides is 2. The minimum atomic E-state index is -5.01. The number of hydrogen-bond acceptors (Lipinski definition) is 3. The second-order valence-corrected chi connectivity index (χ2v) is 9.38. The number of benzene rings is 2. The van der Waals surface area contributed by atoms with Gasteiger partial charge in [0.05, 0.1) is 11.1 Å². The molecular weight excluding hydrogens is 521 g/mol. The van der Waals surface area contributed by atoms with E-state index in [0.29, 0.717) is 23.3 Å². The highest BCUT2D eigenvalue weighted by Gasteiger charge is 2.40. The zero-order valence-electron chi connectivity index (χ0n) is 20.9. The Labute approximate surface area is 215 Å². The minimum absolute atomic E-state index is 0.0331. The Kier molecular flexibility index (Phi) is 8.75. The van der Waals surface area contributed by atoms with Gasteiger partial charge in [0.2, 0.25) is 11.8 Å². The molecule has 0 unspecified atom stereocenters. The molecule has 3 rings (SSSR count). The van der Waals surface area contributed by atoms with E-state index in [1.54, 1.807) is 6.92 Å². The largest absolute Gasteiger partial charge is 0.416 e. The standard InChI is InChI=1S/C26H27F7N2O3/c1-15-8-19(27)4-5-20(15)22-13-35(23(36)14-38-3)7-6-21(22)24(37)34(2)12-16-9-17(25(28,29)30)11-18(10-16)26(31,32)33/h4-5,8-11,21-22H,6-7,12-14H2,1-3H3/t21-,22+/m1/s1. The number of likely N-dealkylation sites (tertiary alicyclic amines) is 1. The third-order valence-electron chi connectivity index (χ3n) is 6.63. The van der Waals surface area contributed by atoms with E-state index in [1.807, 2.05) is 0 Å². The Morgan fingerprint density at radius 2 is 1.63 bits per heavy atom. The fourth-order valence-electron chi connectivity index (χ4n) is 4.80. The summed E-state index contributed by atoms with van der Waals surface area (Å²) < 4.78 is 98.3. The summed E-state index contributed by atoms with van der Waals surface area (Å²) in [4.78, 5) is 28.6. The fourth-order valence-corrected chi connectivity index (χ4v) is 4.80. The molecule has 2 aromatic rings. The van der Waals surface area contributed by atoms with Crippen molar-refractivity contribution in [1.82, 2.24) is 9.80 Å². The van der Waals surface area contributed by atoms with Crippen LogP contribution in [-0.2, 0) is 33.2 Å². The first-order valence-electron chi connectivity index (χ1n) is 11.7. The lowest BCUT2D eigenvalue weighted by atomic mass is 9.78. The number of hydrogen-bond donors (Lipinski definition) is 0. The molecule has 0 radical (unpaired) electrons. The summed E-state index contributed by atoms with van der Waals surface area (Å²) in [6, 6.07) is 5.25. The molecule has 208 valence electrons. The molecule has 0 aromatic heterocycles. The highest BCUT2D eigenvalue weighted by molar-refractivity contribution is 5.81. The molecule has 2 aromatic carbocycles. The zero-order chi connectivity index (χ0) is 28.4. The van der Waals surface area contributed by atoms with Crippen LogP contribution in [0.4, 0.5) is 30.7 Å². The van der Waals surface area contributed by atoms with E-state index in [-0.39, 0.29) is 43.7 Å². The van der Waals surface area contributed by atoms with Gasteiger partial charge in [-0.1, -0.05) is 6.07 Å². The average Bonchev–Trinajstić information content (AvgIpc) is 2.82. The third kappa shape index (κ3) is 6.83. The maximum absolute atomic E-state index is 13.8. The minimum Gasteiger partial charge on any atom is -0.375 e. The van der Waals surface area contributed by atoms with E-state index in [4.69, 9.17) is 4.74 Å². The first kappa shape index (κ1) is 29.4. The van der Waals surface area contributed by atoms with Crippen molar-refractivity contribution < 1.29 is 45.1 Å². The van der Waals surface area contributed by atoms with Crippen LogP contribution in [0.5, 0.6) is 0 Å². The molecular formula is C26H27F7N2O3. The van der Waals surface area contributed by atoms with Gasteiger partial charge in [-0.3, -0.25) is 9.59 Å². The van der Waals surface area contributed by atoms with Gasteiger partial charge < -0.3 is 14.5 Å². The number of methoxy groups -OCH3 is 1. The number of alkyl halides is 6. The summed E-state index contributed by atoms with van der Waals surface area (Å²) in [5, 5.41) is 0. The molecule has 1 aliphatic rings. The van der Waals surface area contributed by atoms with Crippen molar-refractivity contribution in [3.63, 3.8) is 0 Å². The van der Waals surface area contributed by atoms with Gasteiger partial charge in [-0.2, -0.15) is 26.3 Å². The Hall–Kier alpha value is -3.15. The molecule has 0 aliphatic carbocycles. The molecule has 2 amide bonds. The highest BCUT2D eigenvalue weighted by atomic mass is 19.4. The van der Waals surface area contributed by atoms with Crippen LogP contribution in [-0.4, -0.2) is 55.5 Å². The van der Waals surface area contributed by atoms with Gasteiger partial charge in [0.15, 0.2) is 0 Å². The quantitative estimate of drug-likeness (QED) is 0.454. The van der Waals surface area contributed by atoms with Crippen LogP contribution in [0.1, 0.15) is 40.2 Å². The predicted molar refractivity (Wildman–Crippen MR) is 123 cm³/mol. The van der Waals surface area contributed by atoms with Crippen molar-refractivity contribution in [1.29, 1.82) is 0 Å². The number of nitrogens with zero attached hydrogens (tertiary/aromatic N) is 2. The van der Waals surface area contributed by atoms with Crippen molar-refractivity contribution in [3.05, 3.63) is 70.0 Å². The fraction of sp³-hybridized carbons (Fsp3) is 0.462. The lowest BCUT2D eigenvalue weighted by Crippen LogP contribution is -2.48. The van der Waals surface area contributed by atoms with Crippen LogP contribution < -0.4 is 0 Å². The van der Waals surface area contributed by atoms with Crippen molar-refractivity contribution in [2.45, 2.75) is 38.2 Å². The summed E-state index contributed by atoms with van der Waals surface area (Å²) in [5.74, 6) is -2.63. The molecule has 0 bridgehead atoms. The Morgan fingerprint density at radius 1 is 1.03 bits per heavy atom. The maximum Gasteiger partial charge on any atom is 0.416 e. The van der Waals surface area contributed by atoms with Crippen LogP contribution >= 0.6 is 0 Å². The number of carbonyl (C=O) groups is 2. The monoisotopic (exact) mass is 548 g/mol. The lowest BCUT2D eigenvalue weighted by molar-refractivity contribution is -0.143. The summed E-state index contributed by atoms with van der Waals surface area (Å²) in [6.07, 6.45) is -9.83. The normalized spacial score (nSPS) is 18.4. The molecule has 12 heteroatoms. The Morgan fingerprint density at radius 3 is 2.16 bits per heavy atom. The smallest absolute Gasteiger partial charge is 0.375 e. The summed E-state index contributed by atoms with van der Waals surface area (Å²) in [7, 11) is 2.66. The SMILES string of the molecule is COCC(=O)N1CC[C@@H](C(=O)N(C)Cc2cc(C(F)(F)F)cc(C(F)(F)F)c2)[C@H](c2ccc(F)cc2C)C1. The number of ether oxygens (including phenoxy) is 1. The van der Waals surface area contributed by atoms with Crippen molar-refractivity contribution >= 4 is 11.8 Å². The highest BCUT2D eigenvalue weighted by Crippen LogP contribution is 2.38. The predicted octanol–water partition coefficient (Wildman–Crippen LogP) is 5.41. The molecule has 1 saturated heterocycles. The van der Waals surface area contributed by atoms with E-state index in [0.717, 1.165) is 4.90 Å². The number of halogens is 7. The van der Waals surface area contributed by atoms with E-state index in [9.17, 15) is 40.3 Å². The van der Waals surface area contributed by atoms with Gasteiger partial charge >= 0.3 is 12.4 Å². The van der Waals surface area contributed by atoms with Gasteiger partial charge in [0, 0.05) is 45.6 Å². The first-order chi connectivity index (χ1) is 17.6. The van der Waals surface area contributed by atoms with E-state index < -0.39 is 53.6 Å². The number of aryl methyl sites for hydroxylation is 1. The number of carbonyl (C=O) groups excluding carboxylic acids is 2. The summed E-state index contributed by atoms with van der Waals surface area (Å²) in [5.41, 5.74) is -2.10. The van der Waals surface area contributed by atoms with Crippen LogP contribution in [0, 0.1) is 18.7 Å². The number of piperidine rings is 1. The second-order valence-electron chi connectivity index (χ2n) is 9.38. The van der Waals surface area contributed by atoms with Crippen LogP contribution in [0.3, 0.4) is 0 Å². The molecule has 2 atom stereocenters. The third-order valence-corrected chi connectivity index (χ3v) is 6.63. The van der Waals surface area contributed by atoms with Crippen LogP contribution in [0.15, 0.2) is 36.4 Å². The van der Waals surface area contributed by atoms with E-state index >= 15 is 0 Å². The molecule has 1 aliphatic heterocycles. The van der Waals surface area contributed by atoms with Crippen molar-refractivity contribution in [2.75, 3.05) is 33.9 Å². The molecule has 0 N–H and O–H groups in total. The van der Waals surface area contributed by atoms with Gasteiger partial charge in [-0.05, 0) is 60.4 Å². The summed E-state index contributed by atoms with van der Waals surface area (Å²) in [6.45, 7) is 1.29. The Balaban J connectivity index is 1.92. The molecule has 0 spiro atoms. The van der Waals surface area contributed by atoms with Gasteiger partial charge in [0.1, 0.15) is 12.4 Å². The zero-order valence-corrected chi connectivity index (χ0v) is 20.9. The van der Waals surface area contributed by atoms with Gasteiger partial charge in [-0.25, -0.2) is 4.39 Å². The summed E-state index contributed by atoms with van der Waals surface area (Å²) >= 11 is 0. The maximum atomic E-state index is 13.8. The number of rotatable bonds is 6. The lowest BCUT2D eigenvalue weighted by Gasteiger charge is -2.40. The molecule has 1 heterocycles. The topological polar surface area (TPSA) is 49.9 Å². The first-order valence-corrected chi connectivity index (χ1v) is 11.7. The van der Waals surface area contributed by atoms with Crippen LogP contribution in [0.25, 0.3) is 0 Å². The van der Waals surface area contributed by atoms with E-state index in [1.165, 1.54) is 37.3 Å². The Bertz CT molecular complexity index is 1150. The van der Waals surface area contributed by atoms with Gasteiger partial charge in [0.25, 0.3) is 0 Å². The molecule has 5 nitrogen and oxygen atoms in total. The second kappa shape index (κ2) is 11.3. The molecule has 0 saturated carbocycles. The van der Waals surface area contributed by atoms with Crippen molar-refractivity contribution in [3.8, 4) is 0 Å².